The molecule has 0 spiro atoms. The number of fused-ring (bicyclic) bond motifs is 1. The Bertz CT molecular complexity index is 1350. The summed E-state index contributed by atoms with van der Waals surface area (Å²) in [5, 5.41) is 2.53. The van der Waals surface area contributed by atoms with Gasteiger partial charge in [-0.05, 0) is 37.5 Å². The molecular weight excluding hydrogens is 477 g/mol. The van der Waals surface area contributed by atoms with E-state index in [2.05, 4.69) is 5.32 Å². The molecule has 1 aliphatic rings. The number of alkyl halides is 3. The summed E-state index contributed by atoms with van der Waals surface area (Å²) in [5.74, 6) is -0.0873. The molecule has 1 atom stereocenters. The number of rotatable bonds is 8. The van der Waals surface area contributed by atoms with E-state index in [4.69, 9.17) is 9.15 Å². The lowest BCUT2D eigenvalue weighted by Crippen LogP contribution is -2.41. The van der Waals surface area contributed by atoms with Crippen molar-refractivity contribution < 1.29 is 31.9 Å². The second-order valence-corrected chi connectivity index (χ2v) is 8.73. The van der Waals surface area contributed by atoms with Crippen molar-refractivity contribution in [1.82, 2.24) is 10.2 Å². The largest absolute Gasteiger partial charge is 0.493 e. The zero-order valence-electron chi connectivity index (χ0n) is 19.8. The molecule has 2 heterocycles. The fraction of sp³-hybridized carbons (Fsp3) is 0.346. The number of nitrogens with one attached hydrogen (secondary N) is 1. The number of urea groups is 1. The summed E-state index contributed by atoms with van der Waals surface area (Å²) in [4.78, 5) is 38.5. The smallest absolute Gasteiger partial charge is 0.417 e. The summed E-state index contributed by atoms with van der Waals surface area (Å²) in [6, 6.07) is 11.5. The molecule has 0 bridgehead atoms. The van der Waals surface area contributed by atoms with Crippen molar-refractivity contribution in [2.45, 2.75) is 44.8 Å². The normalized spacial score (nSPS) is 18.1. The van der Waals surface area contributed by atoms with Crippen molar-refractivity contribution in [2.24, 2.45) is 0 Å². The molecule has 1 aliphatic heterocycles. The molecule has 1 aromatic heterocycles. The standard InChI is InChI=1S/C26H25F3N2O5/c1-3-8-18-20(12-11-17-19(26(27,28)29)15-21(32)36-22(17)18)35-14-7-13-31-23(33)25(2,30-24(31)34)16-9-5-4-6-10-16/h4-6,9-12,15H,3,7-8,13-14H2,1-2H3,(H,30,34). The Balaban J connectivity index is 1.50. The summed E-state index contributed by atoms with van der Waals surface area (Å²) in [6.07, 6.45) is -3.51. The van der Waals surface area contributed by atoms with E-state index in [0.717, 1.165) is 4.90 Å². The highest BCUT2D eigenvalue weighted by Gasteiger charge is 2.48. The van der Waals surface area contributed by atoms with E-state index >= 15 is 0 Å². The number of carbonyl (C=O) groups is 2. The molecule has 1 unspecified atom stereocenters. The highest BCUT2D eigenvalue weighted by Crippen LogP contribution is 2.37. The van der Waals surface area contributed by atoms with E-state index in [1.54, 1.807) is 31.2 Å². The van der Waals surface area contributed by atoms with Crippen molar-refractivity contribution in [1.29, 1.82) is 0 Å². The van der Waals surface area contributed by atoms with Gasteiger partial charge in [0.25, 0.3) is 5.91 Å². The Morgan fingerprint density at radius 3 is 2.47 bits per heavy atom. The van der Waals surface area contributed by atoms with Gasteiger partial charge >= 0.3 is 17.8 Å². The Labute approximate surface area is 204 Å². The Kier molecular flexibility index (Phi) is 6.79. The van der Waals surface area contributed by atoms with Gasteiger partial charge in [-0.15, -0.1) is 0 Å². The molecule has 0 radical (unpaired) electrons. The van der Waals surface area contributed by atoms with Crippen LogP contribution in [0.5, 0.6) is 5.75 Å². The number of halogens is 3. The van der Waals surface area contributed by atoms with Gasteiger partial charge in [-0.3, -0.25) is 9.69 Å². The zero-order chi connectivity index (χ0) is 26.1. The van der Waals surface area contributed by atoms with Gasteiger partial charge in [0.2, 0.25) is 0 Å². The third-order valence-corrected chi connectivity index (χ3v) is 6.19. The van der Waals surface area contributed by atoms with Crippen LogP contribution in [0, 0.1) is 0 Å². The van der Waals surface area contributed by atoms with Crippen LogP contribution in [0.15, 0.2) is 57.7 Å². The molecule has 36 heavy (non-hydrogen) atoms. The first-order chi connectivity index (χ1) is 17.1. The topological polar surface area (TPSA) is 88.9 Å². The molecule has 7 nitrogen and oxygen atoms in total. The van der Waals surface area contributed by atoms with E-state index in [9.17, 15) is 27.6 Å². The maximum absolute atomic E-state index is 13.5. The number of ether oxygens (including phenoxy) is 1. The van der Waals surface area contributed by atoms with Crippen LogP contribution in [0.25, 0.3) is 11.0 Å². The predicted octanol–water partition coefficient (Wildman–Crippen LogP) is 5.00. The van der Waals surface area contributed by atoms with Gasteiger partial charge in [-0.1, -0.05) is 43.7 Å². The molecular formula is C26H25F3N2O5. The minimum Gasteiger partial charge on any atom is -0.493 e. The fourth-order valence-electron chi connectivity index (χ4n) is 4.39. The second-order valence-electron chi connectivity index (χ2n) is 8.73. The molecule has 10 heteroatoms. The molecule has 1 saturated heterocycles. The zero-order valence-corrected chi connectivity index (χ0v) is 19.8. The van der Waals surface area contributed by atoms with Gasteiger partial charge in [0.1, 0.15) is 16.9 Å². The lowest BCUT2D eigenvalue weighted by atomic mass is 9.92. The molecule has 3 aromatic rings. The summed E-state index contributed by atoms with van der Waals surface area (Å²) >= 11 is 0. The molecule has 190 valence electrons. The Morgan fingerprint density at radius 1 is 1.08 bits per heavy atom. The molecule has 2 aromatic carbocycles. The van der Waals surface area contributed by atoms with E-state index in [1.807, 2.05) is 13.0 Å². The fourth-order valence-corrected chi connectivity index (χ4v) is 4.39. The van der Waals surface area contributed by atoms with Gasteiger partial charge < -0.3 is 14.5 Å². The number of hydrogen-bond acceptors (Lipinski definition) is 5. The van der Waals surface area contributed by atoms with E-state index in [1.165, 1.54) is 12.1 Å². The lowest BCUT2D eigenvalue weighted by molar-refractivity contribution is -0.136. The minimum atomic E-state index is -4.71. The summed E-state index contributed by atoms with van der Waals surface area (Å²) in [6.45, 7) is 3.67. The van der Waals surface area contributed by atoms with Crippen LogP contribution < -0.4 is 15.7 Å². The van der Waals surface area contributed by atoms with Crippen LogP contribution in [0.3, 0.4) is 0 Å². The number of amides is 3. The van der Waals surface area contributed by atoms with Crippen LogP contribution in [-0.2, 0) is 22.9 Å². The molecule has 3 amide bonds. The molecule has 0 saturated carbocycles. The van der Waals surface area contributed by atoms with Crippen LogP contribution in [0.2, 0.25) is 0 Å². The van der Waals surface area contributed by atoms with E-state index < -0.39 is 28.9 Å². The number of hydrogen-bond donors (Lipinski definition) is 1. The summed E-state index contributed by atoms with van der Waals surface area (Å²) in [5.41, 5.74) is -2.43. The van der Waals surface area contributed by atoms with Crippen LogP contribution >= 0.6 is 0 Å². The molecule has 1 fully saturated rings. The minimum absolute atomic E-state index is 0.0878. The summed E-state index contributed by atoms with van der Waals surface area (Å²) in [7, 11) is 0. The first kappa shape index (κ1) is 25.3. The number of aryl methyl sites for hydroxylation is 1. The third kappa shape index (κ3) is 4.67. The summed E-state index contributed by atoms with van der Waals surface area (Å²) < 4.78 is 51.4. The van der Waals surface area contributed by atoms with Gasteiger partial charge in [-0.2, -0.15) is 13.2 Å². The average Bonchev–Trinajstić information content (AvgIpc) is 3.06. The van der Waals surface area contributed by atoms with Crippen LogP contribution in [0.4, 0.5) is 18.0 Å². The van der Waals surface area contributed by atoms with Crippen LogP contribution in [0.1, 0.15) is 43.4 Å². The molecule has 1 N–H and O–H groups in total. The van der Waals surface area contributed by atoms with Gasteiger partial charge in [0.15, 0.2) is 0 Å². The van der Waals surface area contributed by atoms with Crippen molar-refractivity contribution in [2.75, 3.05) is 13.2 Å². The average molecular weight is 502 g/mol. The van der Waals surface area contributed by atoms with Crippen molar-refractivity contribution in [3.63, 3.8) is 0 Å². The van der Waals surface area contributed by atoms with E-state index in [-0.39, 0.29) is 35.8 Å². The highest BCUT2D eigenvalue weighted by molar-refractivity contribution is 6.07. The first-order valence-electron chi connectivity index (χ1n) is 11.6. The molecule has 0 aliphatic carbocycles. The maximum Gasteiger partial charge on any atom is 0.417 e. The quantitative estimate of drug-likeness (QED) is 0.266. The highest BCUT2D eigenvalue weighted by atomic mass is 19.4. The van der Waals surface area contributed by atoms with Crippen molar-refractivity contribution in [3.05, 3.63) is 75.6 Å². The van der Waals surface area contributed by atoms with Gasteiger partial charge in [-0.25, -0.2) is 9.59 Å². The lowest BCUT2D eigenvalue weighted by Gasteiger charge is -2.22. The Hall–Kier alpha value is -3.82. The maximum atomic E-state index is 13.5. The van der Waals surface area contributed by atoms with Gasteiger partial charge in [0.05, 0.1) is 12.2 Å². The van der Waals surface area contributed by atoms with Crippen molar-refractivity contribution >= 4 is 22.9 Å². The molecule has 4 rings (SSSR count). The third-order valence-electron chi connectivity index (χ3n) is 6.19. The number of nitrogens with zero attached hydrogens (tertiary/aromatic N) is 1. The second kappa shape index (κ2) is 9.67. The SMILES string of the molecule is CCCc1c(OCCCN2C(=O)NC(C)(c3ccccc3)C2=O)ccc2c(C(F)(F)F)cc(=O)oc12. The van der Waals surface area contributed by atoms with Crippen molar-refractivity contribution in [3.8, 4) is 5.75 Å². The van der Waals surface area contributed by atoms with Gasteiger partial charge in [0, 0.05) is 23.6 Å². The Morgan fingerprint density at radius 2 is 1.81 bits per heavy atom. The predicted molar refractivity (Wildman–Crippen MR) is 126 cm³/mol. The number of benzene rings is 2. The first-order valence-corrected chi connectivity index (χ1v) is 11.6. The number of carbonyl (C=O) groups excluding carboxylic acids is 2. The van der Waals surface area contributed by atoms with Crippen LogP contribution in [-0.4, -0.2) is 30.0 Å². The van der Waals surface area contributed by atoms with E-state index in [0.29, 0.717) is 36.5 Å². The number of imide groups is 1. The monoisotopic (exact) mass is 502 g/mol.